The molecule has 0 spiro atoms. The Labute approximate surface area is 130 Å². The van der Waals surface area contributed by atoms with E-state index in [4.69, 9.17) is 5.73 Å². The molecule has 4 heteroatoms. The van der Waals surface area contributed by atoms with E-state index >= 15 is 0 Å². The third-order valence-corrected chi connectivity index (χ3v) is 5.32. The summed E-state index contributed by atoms with van der Waals surface area (Å²) in [5, 5.41) is 0. The third kappa shape index (κ3) is 3.71. The highest BCUT2D eigenvalue weighted by atomic mass is 16.2. The van der Waals surface area contributed by atoms with Gasteiger partial charge in [-0.2, -0.15) is 0 Å². The molecule has 2 unspecified atom stereocenters. The lowest BCUT2D eigenvalue weighted by Crippen LogP contribution is -2.61. The van der Waals surface area contributed by atoms with Crippen molar-refractivity contribution in [2.24, 2.45) is 11.7 Å². The smallest absolute Gasteiger partial charge is 0.320 e. The van der Waals surface area contributed by atoms with E-state index in [0.717, 1.165) is 51.7 Å². The molecule has 21 heavy (non-hydrogen) atoms. The number of piperidine rings is 1. The summed E-state index contributed by atoms with van der Waals surface area (Å²) in [5.74, 6) is 0.677. The molecule has 1 heterocycles. The number of hydrogen-bond donors (Lipinski definition) is 1. The lowest BCUT2D eigenvalue weighted by molar-refractivity contribution is 0.0450. The maximum absolute atomic E-state index is 13.1. The average Bonchev–Trinajstić information content (AvgIpc) is 2.52. The molecule has 2 aliphatic rings. The summed E-state index contributed by atoms with van der Waals surface area (Å²) >= 11 is 0. The van der Waals surface area contributed by atoms with Crippen LogP contribution in [0.4, 0.5) is 4.79 Å². The van der Waals surface area contributed by atoms with Gasteiger partial charge in [0.1, 0.15) is 0 Å². The van der Waals surface area contributed by atoms with Gasteiger partial charge in [-0.15, -0.1) is 0 Å². The first-order valence-corrected chi connectivity index (χ1v) is 8.89. The van der Waals surface area contributed by atoms with Crippen molar-refractivity contribution in [3.63, 3.8) is 0 Å². The number of carbonyl (C=O) groups excluding carboxylic acids is 1. The molecular formula is C17H33N3O. The predicted molar refractivity (Wildman–Crippen MR) is 87.2 cm³/mol. The van der Waals surface area contributed by atoms with Crippen LogP contribution in [-0.4, -0.2) is 47.5 Å². The molecule has 0 bridgehead atoms. The van der Waals surface area contributed by atoms with Crippen molar-refractivity contribution in [3.05, 3.63) is 0 Å². The second-order valence-corrected chi connectivity index (χ2v) is 7.11. The fraction of sp³-hybridized carbons (Fsp3) is 0.941. The Kier molecular flexibility index (Phi) is 5.91. The molecule has 1 saturated carbocycles. The van der Waals surface area contributed by atoms with Crippen LogP contribution in [0.1, 0.15) is 65.2 Å². The predicted octanol–water partition coefficient (Wildman–Crippen LogP) is 3.21. The molecule has 2 atom stereocenters. The monoisotopic (exact) mass is 295 g/mol. The largest absolute Gasteiger partial charge is 0.328 e. The van der Waals surface area contributed by atoms with Crippen LogP contribution in [0.2, 0.25) is 0 Å². The lowest BCUT2D eigenvalue weighted by atomic mass is 9.75. The number of rotatable bonds is 4. The molecule has 4 nitrogen and oxygen atoms in total. The van der Waals surface area contributed by atoms with E-state index in [1.54, 1.807) is 0 Å². The first-order chi connectivity index (χ1) is 10.1. The maximum Gasteiger partial charge on any atom is 0.320 e. The van der Waals surface area contributed by atoms with Gasteiger partial charge in [-0.25, -0.2) is 4.79 Å². The highest BCUT2D eigenvalue weighted by Crippen LogP contribution is 2.37. The molecule has 1 aliphatic heterocycles. The van der Waals surface area contributed by atoms with E-state index in [2.05, 4.69) is 23.6 Å². The van der Waals surface area contributed by atoms with Gasteiger partial charge in [0.2, 0.25) is 0 Å². The van der Waals surface area contributed by atoms with E-state index in [1.807, 2.05) is 0 Å². The van der Waals surface area contributed by atoms with Gasteiger partial charge in [0, 0.05) is 26.2 Å². The van der Waals surface area contributed by atoms with Crippen molar-refractivity contribution in [1.29, 1.82) is 0 Å². The van der Waals surface area contributed by atoms with Crippen LogP contribution in [0, 0.1) is 5.92 Å². The van der Waals surface area contributed by atoms with Gasteiger partial charge in [0.15, 0.2) is 0 Å². The molecule has 1 aliphatic carbocycles. The summed E-state index contributed by atoms with van der Waals surface area (Å²) in [6.45, 7) is 7.77. The fourth-order valence-corrected chi connectivity index (χ4v) is 4.19. The minimum atomic E-state index is -0.0950. The summed E-state index contributed by atoms with van der Waals surface area (Å²) in [4.78, 5) is 17.3. The molecule has 0 aromatic carbocycles. The lowest BCUT2D eigenvalue weighted by Gasteiger charge is -2.49. The van der Waals surface area contributed by atoms with Crippen LogP contribution in [-0.2, 0) is 0 Å². The number of nitrogens with two attached hydrogens (primary N) is 1. The third-order valence-electron chi connectivity index (χ3n) is 5.32. The number of urea groups is 1. The van der Waals surface area contributed by atoms with Crippen LogP contribution >= 0.6 is 0 Å². The van der Waals surface area contributed by atoms with Gasteiger partial charge < -0.3 is 15.5 Å². The number of likely N-dealkylation sites (tertiary alicyclic amines) is 1. The van der Waals surface area contributed by atoms with Gasteiger partial charge in [-0.3, -0.25) is 0 Å². The highest BCUT2D eigenvalue weighted by molar-refractivity contribution is 5.75. The van der Waals surface area contributed by atoms with Crippen molar-refractivity contribution in [1.82, 2.24) is 9.80 Å². The second kappa shape index (κ2) is 7.48. The Morgan fingerprint density at radius 3 is 2.57 bits per heavy atom. The van der Waals surface area contributed by atoms with Gasteiger partial charge >= 0.3 is 6.03 Å². The standard InChI is InChI=1S/C17H33N3O/c1-3-10-20(16(21)19-11-5-4-6-12-19)17(14-18)9-7-8-15(2)13-17/h15H,3-14,18H2,1-2H3. The molecule has 2 rings (SSSR count). The number of amides is 2. The van der Waals surface area contributed by atoms with Crippen molar-refractivity contribution in [3.8, 4) is 0 Å². The first kappa shape index (κ1) is 16.6. The zero-order chi connectivity index (χ0) is 15.3. The van der Waals surface area contributed by atoms with Crippen molar-refractivity contribution < 1.29 is 4.79 Å². The quantitative estimate of drug-likeness (QED) is 0.866. The Morgan fingerprint density at radius 1 is 1.29 bits per heavy atom. The van der Waals surface area contributed by atoms with E-state index in [1.165, 1.54) is 19.3 Å². The Bertz CT molecular complexity index is 341. The van der Waals surface area contributed by atoms with Crippen molar-refractivity contribution in [2.45, 2.75) is 70.8 Å². The zero-order valence-electron chi connectivity index (χ0n) is 13.9. The summed E-state index contributed by atoms with van der Waals surface area (Å²) in [6.07, 6.45) is 9.20. The molecule has 0 aromatic rings. The number of hydrogen-bond acceptors (Lipinski definition) is 2. The molecule has 1 saturated heterocycles. The van der Waals surface area contributed by atoms with Gasteiger partial charge in [-0.1, -0.05) is 26.7 Å². The van der Waals surface area contributed by atoms with Crippen molar-refractivity contribution >= 4 is 6.03 Å². The number of nitrogens with zero attached hydrogens (tertiary/aromatic N) is 2. The van der Waals surface area contributed by atoms with Gasteiger partial charge in [0.05, 0.1) is 5.54 Å². The van der Waals surface area contributed by atoms with E-state index in [9.17, 15) is 4.79 Å². The highest BCUT2D eigenvalue weighted by Gasteiger charge is 2.42. The molecule has 0 aromatic heterocycles. The maximum atomic E-state index is 13.1. The first-order valence-electron chi connectivity index (χ1n) is 8.89. The molecule has 0 radical (unpaired) electrons. The molecule has 2 N–H and O–H groups in total. The number of carbonyl (C=O) groups is 1. The minimum absolute atomic E-state index is 0.0950. The van der Waals surface area contributed by atoms with E-state index in [-0.39, 0.29) is 11.6 Å². The summed E-state index contributed by atoms with van der Waals surface area (Å²) < 4.78 is 0. The van der Waals surface area contributed by atoms with Crippen molar-refractivity contribution in [2.75, 3.05) is 26.2 Å². The second-order valence-electron chi connectivity index (χ2n) is 7.11. The average molecular weight is 295 g/mol. The summed E-state index contributed by atoms with van der Waals surface area (Å²) in [7, 11) is 0. The van der Waals surface area contributed by atoms with Crippen LogP contribution in [0.3, 0.4) is 0 Å². The summed E-state index contributed by atoms with van der Waals surface area (Å²) in [6, 6.07) is 0.246. The molecule has 2 fully saturated rings. The molecule has 2 amide bonds. The Hall–Kier alpha value is -0.770. The van der Waals surface area contributed by atoms with Gasteiger partial charge in [-0.05, 0) is 44.4 Å². The Morgan fingerprint density at radius 2 is 2.00 bits per heavy atom. The fourth-order valence-electron chi connectivity index (χ4n) is 4.19. The summed E-state index contributed by atoms with van der Waals surface area (Å²) in [5.41, 5.74) is 6.09. The zero-order valence-corrected chi connectivity index (χ0v) is 13.9. The Balaban J connectivity index is 2.16. The van der Waals surface area contributed by atoms with Gasteiger partial charge in [0.25, 0.3) is 0 Å². The molecule has 122 valence electrons. The topological polar surface area (TPSA) is 49.6 Å². The van der Waals surface area contributed by atoms with Crippen LogP contribution in [0.25, 0.3) is 0 Å². The van der Waals surface area contributed by atoms with Crippen LogP contribution < -0.4 is 5.73 Å². The van der Waals surface area contributed by atoms with E-state index < -0.39 is 0 Å². The van der Waals surface area contributed by atoms with E-state index in [0.29, 0.717) is 12.5 Å². The van der Waals surface area contributed by atoms with Crippen LogP contribution in [0.15, 0.2) is 0 Å². The minimum Gasteiger partial charge on any atom is -0.328 e. The normalized spacial score (nSPS) is 30.2. The van der Waals surface area contributed by atoms with Crippen LogP contribution in [0.5, 0.6) is 0 Å². The molecular weight excluding hydrogens is 262 g/mol. The SMILES string of the molecule is CCCN(C(=O)N1CCCCC1)C1(CN)CCCC(C)C1.